The largest absolute Gasteiger partial charge is 0.302 e. The Bertz CT molecular complexity index is 769. The monoisotopic (exact) mass is 363 g/mol. The summed E-state index contributed by atoms with van der Waals surface area (Å²) in [5.41, 5.74) is 4.27. The second kappa shape index (κ2) is 8.39. The number of nitrogens with zero attached hydrogens (tertiary/aromatic N) is 1. The van der Waals surface area contributed by atoms with E-state index in [-0.39, 0.29) is 11.3 Å². The molecule has 0 saturated carbocycles. The fourth-order valence-corrected chi connectivity index (χ4v) is 4.46. The van der Waals surface area contributed by atoms with Crippen LogP contribution in [0.3, 0.4) is 0 Å². The van der Waals surface area contributed by atoms with Crippen molar-refractivity contribution in [3.8, 4) is 0 Å². The van der Waals surface area contributed by atoms with Crippen LogP contribution in [0, 0.1) is 18.8 Å². The predicted octanol–water partition coefficient (Wildman–Crippen LogP) is 5.04. The van der Waals surface area contributed by atoms with Crippen molar-refractivity contribution in [2.45, 2.75) is 46.0 Å². The Balaban J connectivity index is 1.67. The van der Waals surface area contributed by atoms with E-state index in [9.17, 15) is 4.79 Å². The van der Waals surface area contributed by atoms with Crippen LogP contribution >= 0.6 is 0 Å². The van der Waals surface area contributed by atoms with Crippen LogP contribution in [0.5, 0.6) is 0 Å². The molecule has 2 aromatic rings. The van der Waals surface area contributed by atoms with Crippen molar-refractivity contribution in [1.82, 2.24) is 4.90 Å². The molecule has 0 spiro atoms. The number of benzene rings is 2. The molecule has 144 valence electrons. The van der Waals surface area contributed by atoms with Gasteiger partial charge in [-0.2, -0.15) is 0 Å². The molecular weight excluding hydrogens is 330 g/mol. The lowest BCUT2D eigenvalue weighted by Gasteiger charge is -2.46. The number of aryl methyl sites for hydroxylation is 1. The number of ketones is 1. The second-order valence-electron chi connectivity index (χ2n) is 8.69. The molecule has 0 aromatic heterocycles. The molecule has 1 heterocycles. The van der Waals surface area contributed by atoms with Crippen molar-refractivity contribution in [3.63, 3.8) is 0 Å². The van der Waals surface area contributed by atoms with E-state index in [4.69, 9.17) is 0 Å². The summed E-state index contributed by atoms with van der Waals surface area (Å²) in [5.74, 6) is 0.957. The third kappa shape index (κ3) is 4.68. The van der Waals surface area contributed by atoms with Crippen molar-refractivity contribution < 1.29 is 4.79 Å². The summed E-state index contributed by atoms with van der Waals surface area (Å²) in [4.78, 5) is 14.8. The molecule has 3 unspecified atom stereocenters. The third-order valence-corrected chi connectivity index (χ3v) is 6.62. The minimum absolute atomic E-state index is 0.0860. The quantitative estimate of drug-likeness (QED) is 0.716. The number of piperidine rings is 1. The van der Waals surface area contributed by atoms with E-state index in [0.29, 0.717) is 11.7 Å². The summed E-state index contributed by atoms with van der Waals surface area (Å²) >= 11 is 0. The number of hydrogen-bond donors (Lipinski definition) is 0. The highest BCUT2D eigenvalue weighted by Gasteiger charge is 2.38. The Labute approximate surface area is 164 Å². The van der Waals surface area contributed by atoms with Crippen LogP contribution in [-0.2, 0) is 16.6 Å². The van der Waals surface area contributed by atoms with Crippen LogP contribution in [-0.4, -0.2) is 30.3 Å². The molecule has 2 heteroatoms. The van der Waals surface area contributed by atoms with Crippen LogP contribution in [0.2, 0.25) is 0 Å². The van der Waals surface area contributed by atoms with E-state index in [2.05, 4.69) is 74.2 Å². The van der Waals surface area contributed by atoms with E-state index in [0.717, 1.165) is 32.5 Å². The minimum atomic E-state index is 0.0860. The van der Waals surface area contributed by atoms with E-state index in [1.807, 2.05) is 6.07 Å². The lowest BCUT2D eigenvalue weighted by molar-refractivity contribution is -0.121. The zero-order valence-corrected chi connectivity index (χ0v) is 17.2. The summed E-state index contributed by atoms with van der Waals surface area (Å²) in [6, 6.07) is 19.4. The van der Waals surface area contributed by atoms with Gasteiger partial charge in [-0.15, -0.1) is 0 Å². The first-order chi connectivity index (χ1) is 12.9. The van der Waals surface area contributed by atoms with Gasteiger partial charge in [-0.05, 0) is 55.7 Å². The molecule has 27 heavy (non-hydrogen) atoms. The SMILES string of the molecule is CC(=O)C(Cc1ccccc1)CN1CCC(C)(c2cccc(C)c2)C(C)C1. The minimum Gasteiger partial charge on any atom is -0.302 e. The molecule has 2 nitrogen and oxygen atoms in total. The molecule has 0 N–H and O–H groups in total. The molecule has 1 aliphatic rings. The van der Waals surface area contributed by atoms with Crippen LogP contribution in [0.15, 0.2) is 54.6 Å². The lowest BCUT2D eigenvalue weighted by Crippen LogP contribution is -2.49. The van der Waals surface area contributed by atoms with E-state index in [1.54, 1.807) is 6.92 Å². The Kier molecular flexibility index (Phi) is 6.16. The number of carbonyl (C=O) groups is 1. The van der Waals surface area contributed by atoms with E-state index in [1.165, 1.54) is 16.7 Å². The zero-order chi connectivity index (χ0) is 19.4. The molecule has 2 aromatic carbocycles. The van der Waals surface area contributed by atoms with Crippen LogP contribution in [0.1, 0.15) is 43.9 Å². The molecule has 0 radical (unpaired) electrons. The Morgan fingerprint density at radius 3 is 2.56 bits per heavy atom. The van der Waals surface area contributed by atoms with Crippen molar-refractivity contribution in [3.05, 3.63) is 71.3 Å². The number of Topliss-reactive ketones (excluding diaryl/α,β-unsaturated/α-hetero) is 1. The highest BCUT2D eigenvalue weighted by Crippen LogP contribution is 2.39. The van der Waals surface area contributed by atoms with Gasteiger partial charge < -0.3 is 4.90 Å². The van der Waals surface area contributed by atoms with Crippen LogP contribution in [0.4, 0.5) is 0 Å². The van der Waals surface area contributed by atoms with Gasteiger partial charge in [0.05, 0.1) is 0 Å². The summed E-state index contributed by atoms with van der Waals surface area (Å²) in [5, 5.41) is 0. The van der Waals surface area contributed by atoms with Gasteiger partial charge in [-0.3, -0.25) is 4.79 Å². The van der Waals surface area contributed by atoms with Gasteiger partial charge in [0.25, 0.3) is 0 Å². The maximum absolute atomic E-state index is 12.3. The number of carbonyl (C=O) groups excluding carboxylic acids is 1. The van der Waals surface area contributed by atoms with Crippen molar-refractivity contribution in [2.24, 2.45) is 11.8 Å². The number of likely N-dealkylation sites (tertiary alicyclic amines) is 1. The fourth-order valence-electron chi connectivity index (χ4n) is 4.46. The molecule has 1 saturated heterocycles. The normalized spacial score (nSPS) is 24.5. The lowest BCUT2D eigenvalue weighted by atomic mass is 9.67. The molecule has 1 fully saturated rings. The molecule has 0 amide bonds. The van der Waals surface area contributed by atoms with E-state index < -0.39 is 0 Å². The third-order valence-electron chi connectivity index (χ3n) is 6.62. The predicted molar refractivity (Wildman–Crippen MR) is 113 cm³/mol. The van der Waals surface area contributed by atoms with E-state index >= 15 is 0 Å². The van der Waals surface area contributed by atoms with Crippen LogP contribution < -0.4 is 0 Å². The molecule has 1 aliphatic heterocycles. The van der Waals surface area contributed by atoms with Gasteiger partial charge in [-0.25, -0.2) is 0 Å². The Morgan fingerprint density at radius 1 is 1.19 bits per heavy atom. The fraction of sp³-hybridized carbons (Fsp3) is 0.480. The standard InChI is InChI=1S/C25H33NO/c1-19-9-8-12-24(15-19)25(4)13-14-26(17-20(25)2)18-23(21(3)27)16-22-10-6-5-7-11-22/h5-12,15,20,23H,13-14,16-18H2,1-4H3. The molecular formula is C25H33NO. The first kappa shape index (κ1) is 19.8. The molecule has 0 bridgehead atoms. The van der Waals surface area contributed by atoms with Gasteiger partial charge in [0, 0.05) is 19.0 Å². The average Bonchev–Trinajstić information content (AvgIpc) is 2.65. The molecule has 3 rings (SSSR count). The zero-order valence-electron chi connectivity index (χ0n) is 17.2. The molecule has 0 aliphatic carbocycles. The Hall–Kier alpha value is -1.93. The van der Waals surface area contributed by atoms with Gasteiger partial charge in [0.15, 0.2) is 0 Å². The average molecular weight is 364 g/mol. The number of rotatable bonds is 6. The van der Waals surface area contributed by atoms with Gasteiger partial charge in [0.2, 0.25) is 0 Å². The van der Waals surface area contributed by atoms with Gasteiger partial charge >= 0.3 is 0 Å². The van der Waals surface area contributed by atoms with Crippen molar-refractivity contribution in [1.29, 1.82) is 0 Å². The smallest absolute Gasteiger partial charge is 0.134 e. The summed E-state index contributed by atoms with van der Waals surface area (Å²) in [7, 11) is 0. The first-order valence-electron chi connectivity index (χ1n) is 10.2. The highest BCUT2D eigenvalue weighted by molar-refractivity contribution is 5.78. The first-order valence-corrected chi connectivity index (χ1v) is 10.2. The molecule has 3 atom stereocenters. The second-order valence-corrected chi connectivity index (χ2v) is 8.69. The maximum Gasteiger partial charge on any atom is 0.134 e. The Morgan fingerprint density at radius 2 is 1.93 bits per heavy atom. The topological polar surface area (TPSA) is 20.3 Å². The number of hydrogen-bond acceptors (Lipinski definition) is 2. The highest BCUT2D eigenvalue weighted by atomic mass is 16.1. The van der Waals surface area contributed by atoms with Crippen molar-refractivity contribution in [2.75, 3.05) is 19.6 Å². The summed E-state index contributed by atoms with van der Waals surface area (Å²) < 4.78 is 0. The van der Waals surface area contributed by atoms with Gasteiger partial charge in [0.1, 0.15) is 5.78 Å². The summed E-state index contributed by atoms with van der Waals surface area (Å²) in [6.45, 7) is 11.7. The summed E-state index contributed by atoms with van der Waals surface area (Å²) in [6.07, 6.45) is 1.99. The van der Waals surface area contributed by atoms with Crippen LogP contribution in [0.25, 0.3) is 0 Å². The van der Waals surface area contributed by atoms with Crippen molar-refractivity contribution >= 4 is 5.78 Å². The maximum atomic E-state index is 12.3. The van der Waals surface area contributed by atoms with Gasteiger partial charge in [-0.1, -0.05) is 74.0 Å².